The number of aliphatic hydroxyl groups is 1. The number of carboxylic acid groups (broad SMARTS) is 1. The van der Waals surface area contributed by atoms with Crippen molar-refractivity contribution in [1.82, 2.24) is 67.0 Å². The number of aliphatic carboxylic acids is 1. The number of nitrogens with one attached hydrogen (secondary N) is 10. The van der Waals surface area contributed by atoms with Gasteiger partial charge in [-0.3, -0.25) is 63.0 Å². The van der Waals surface area contributed by atoms with Crippen molar-refractivity contribution in [2.75, 3.05) is 26.2 Å². The summed E-state index contributed by atoms with van der Waals surface area (Å²) in [5, 5.41) is 56.0. The quantitative estimate of drug-likeness (QED) is 0.0108. The fraction of sp³-hybridized carbons (Fsp3) is 0.443. The molecule has 1 aliphatic heterocycles. The normalized spacial score (nSPS) is 15.4. The van der Waals surface area contributed by atoms with E-state index in [1.165, 1.54) is 41.7 Å². The predicted octanol–water partition coefficient (Wildman–Crippen LogP) is -3.18. The van der Waals surface area contributed by atoms with Crippen molar-refractivity contribution in [3.63, 3.8) is 0 Å². The molecule has 1 aliphatic rings. The molecule has 3 aromatic carbocycles. The van der Waals surface area contributed by atoms with Crippen LogP contribution in [0.2, 0.25) is 0 Å². The zero-order valence-electron chi connectivity index (χ0n) is 51.5. The Balaban J connectivity index is 1.37. The molecule has 93 heavy (non-hydrogen) atoms. The van der Waals surface area contributed by atoms with Gasteiger partial charge in [0.1, 0.15) is 53.9 Å². The van der Waals surface area contributed by atoms with Crippen molar-refractivity contribution in [2.24, 2.45) is 28.9 Å². The summed E-state index contributed by atoms with van der Waals surface area (Å²) in [7, 11) is 0. The molecule has 0 aliphatic carbocycles. The first-order chi connectivity index (χ1) is 44.3. The number of guanidine groups is 1. The zero-order valence-corrected chi connectivity index (χ0v) is 51.5. The number of aromatic amines is 2. The van der Waals surface area contributed by atoms with Gasteiger partial charge in [-0.25, -0.2) is 9.97 Å². The first-order valence-electron chi connectivity index (χ1n) is 30.2. The van der Waals surface area contributed by atoms with Crippen LogP contribution < -0.4 is 60.2 Å². The molecular formula is C61H82N18O14. The summed E-state index contributed by atoms with van der Waals surface area (Å²) >= 11 is 0. The Labute approximate surface area is 534 Å². The van der Waals surface area contributed by atoms with Gasteiger partial charge in [0.2, 0.25) is 53.2 Å². The standard InChI is InChI=1S/C61H82N18O14/c1-33(2)24-48(57(90)73-42(14-8-22-68-61(65)66)59(92)78-23-9-15-47(78)56(89)69-30-49(64)82)79(58(91)39(63)28-50-71-40-12-6-7-13-41(40)72-50)60(93)45(26-35-16-18-37(81)19-17-35)76-55(88)46(31-80)77-53(86)43(25-34-10-4-3-5-11-34)75-54(87)44(27-36-29-67-32-70-36)74-52(85)38(62)20-21-51(83)84/h3-7,10-13,16-19,29,32-33,38-39,42-48,80-81H,8-9,14-15,20-28,30-31,62-63H2,1-2H3,(H2,64,82)(H,67,70)(H,69,89)(H,71,72)(H,73,90)(H,74,85)(H,75,87)(H,76,88)(H,77,86)(H,83,84)(H4,65,66,68)/t38-,39+,42-,43-,44-,45-,46-,47-,48-/m0/s1. The molecule has 0 radical (unpaired) electrons. The summed E-state index contributed by atoms with van der Waals surface area (Å²) < 4.78 is 0. The fourth-order valence-electron chi connectivity index (χ4n) is 10.4. The maximum atomic E-state index is 15.9. The molecule has 32 nitrogen and oxygen atoms in total. The number of fused-ring (bicyclic) bond motifs is 1. The van der Waals surface area contributed by atoms with Crippen LogP contribution in [0.4, 0.5) is 0 Å². The number of H-pyrrole nitrogens is 2. The van der Waals surface area contributed by atoms with E-state index < -0.39 is 151 Å². The van der Waals surface area contributed by atoms with Gasteiger partial charge in [-0.1, -0.05) is 68.4 Å². The van der Waals surface area contributed by atoms with E-state index >= 15 is 14.4 Å². The van der Waals surface area contributed by atoms with E-state index in [2.05, 4.69) is 57.2 Å². The predicted molar refractivity (Wildman–Crippen MR) is 335 cm³/mol. The molecule has 6 rings (SSSR count). The van der Waals surface area contributed by atoms with E-state index in [1.54, 1.807) is 68.4 Å². The summed E-state index contributed by atoms with van der Waals surface area (Å²) in [6.45, 7) is 1.81. The number of phenols is 1. The van der Waals surface area contributed by atoms with Gasteiger partial charge in [-0.2, -0.15) is 0 Å². The number of benzene rings is 3. The number of hydrogen-bond acceptors (Lipinski definition) is 18. The lowest BCUT2D eigenvalue weighted by Crippen LogP contribution is -2.64. The topological polar surface area (TPSA) is 524 Å². The molecular weight excluding hydrogens is 1210 g/mol. The van der Waals surface area contributed by atoms with E-state index in [1.807, 2.05) is 0 Å². The van der Waals surface area contributed by atoms with Crippen LogP contribution in [0.3, 0.4) is 0 Å². The van der Waals surface area contributed by atoms with E-state index in [0.717, 1.165) is 0 Å². The average molecular weight is 1290 g/mol. The number of likely N-dealkylation sites (tertiary alicyclic amines) is 1. The summed E-state index contributed by atoms with van der Waals surface area (Å²) in [6, 6.07) is 6.37. The second-order valence-electron chi connectivity index (χ2n) is 22.9. The molecule has 9 atom stereocenters. The van der Waals surface area contributed by atoms with Gasteiger partial charge in [0.25, 0.3) is 5.91 Å². The third-order valence-corrected chi connectivity index (χ3v) is 15.2. The highest BCUT2D eigenvalue weighted by Crippen LogP contribution is 2.23. The molecule has 10 amide bonds. The SMILES string of the molecule is CC(C)C[C@@H](C(=O)N[C@@H](CCCNC(=N)N)C(=O)N1CCC[C@H]1C(=O)NCC(N)=O)N(C(=O)[C@H](N)Cc1nc2ccccc2[nH]1)C(=O)[C@H](Cc1ccc(O)cc1)NC(=O)[C@H](CO)NC(=O)[C@H](Cc1ccccc1)NC(=O)[C@H](Cc1c[nH]cn1)NC(=O)[C@@H](N)CCC(=O)O. The number of rotatable bonds is 35. The van der Waals surface area contributed by atoms with Crippen molar-refractivity contribution in [3.8, 4) is 5.75 Å². The summed E-state index contributed by atoms with van der Waals surface area (Å²) in [6.07, 6.45) is 0.941. The van der Waals surface area contributed by atoms with Crippen LogP contribution in [0, 0.1) is 11.3 Å². The molecule has 0 bridgehead atoms. The number of aromatic nitrogens is 4. The number of carbonyl (C=O) groups excluding carboxylic acids is 10. The highest BCUT2D eigenvalue weighted by Gasteiger charge is 2.44. The van der Waals surface area contributed by atoms with Crippen molar-refractivity contribution in [1.29, 1.82) is 5.41 Å². The van der Waals surface area contributed by atoms with E-state index in [0.29, 0.717) is 33.6 Å². The van der Waals surface area contributed by atoms with Gasteiger partial charge in [0.15, 0.2) is 5.96 Å². The monoisotopic (exact) mass is 1290 g/mol. The third-order valence-electron chi connectivity index (χ3n) is 15.2. The van der Waals surface area contributed by atoms with Crippen LogP contribution in [0.15, 0.2) is 91.4 Å². The van der Waals surface area contributed by atoms with Crippen LogP contribution >= 0.6 is 0 Å². The number of aliphatic hydroxyl groups excluding tert-OH is 1. The minimum absolute atomic E-state index is 0.0457. The number of nitrogens with zero attached hydrogens (tertiary/aromatic N) is 4. The summed E-state index contributed by atoms with van der Waals surface area (Å²) in [5.74, 6) is -11.9. The molecule has 2 aromatic heterocycles. The highest BCUT2D eigenvalue weighted by molar-refractivity contribution is 6.06. The number of para-hydroxylation sites is 2. The van der Waals surface area contributed by atoms with Crippen LogP contribution in [-0.2, 0) is 78.4 Å². The van der Waals surface area contributed by atoms with Crippen molar-refractivity contribution in [2.45, 2.75) is 139 Å². The minimum Gasteiger partial charge on any atom is -0.508 e. The van der Waals surface area contributed by atoms with Crippen LogP contribution in [-0.4, -0.2) is 197 Å². The lowest BCUT2D eigenvalue weighted by Gasteiger charge is -2.36. The number of hydrogen-bond donors (Lipinski definition) is 17. The maximum absolute atomic E-state index is 15.9. The fourth-order valence-corrected chi connectivity index (χ4v) is 10.4. The van der Waals surface area contributed by atoms with Gasteiger partial charge >= 0.3 is 5.97 Å². The number of carbonyl (C=O) groups is 11. The molecule has 32 heteroatoms. The Morgan fingerprint density at radius 1 is 0.710 bits per heavy atom. The molecule has 1 saturated heterocycles. The van der Waals surface area contributed by atoms with Crippen molar-refractivity contribution in [3.05, 3.63) is 114 Å². The number of carboxylic acids is 1. The molecule has 500 valence electrons. The Hall–Kier alpha value is -10.3. The summed E-state index contributed by atoms with van der Waals surface area (Å²) in [5.41, 5.74) is 25.7. The number of imidazole rings is 2. The second-order valence-corrected chi connectivity index (χ2v) is 22.9. The number of primary amides is 1. The van der Waals surface area contributed by atoms with Gasteiger partial charge in [0.05, 0.1) is 48.3 Å². The first kappa shape index (κ1) is 71.7. The number of phenolic OH excluding ortho intramolecular Hbond substituents is 1. The van der Waals surface area contributed by atoms with E-state index in [9.17, 15) is 53.7 Å². The molecule has 1 fully saturated rings. The molecule has 0 spiro atoms. The van der Waals surface area contributed by atoms with E-state index in [4.69, 9.17) is 28.3 Å². The highest BCUT2D eigenvalue weighted by atomic mass is 16.4. The van der Waals surface area contributed by atoms with Crippen molar-refractivity contribution >= 4 is 82.0 Å². The number of amides is 10. The number of nitrogens with two attached hydrogens (primary N) is 4. The molecule has 21 N–H and O–H groups in total. The lowest BCUT2D eigenvalue weighted by atomic mass is 9.96. The number of aromatic hydroxyl groups is 1. The second kappa shape index (κ2) is 34.7. The Bertz CT molecular complexity index is 3390. The zero-order chi connectivity index (χ0) is 67.9. The molecule has 0 saturated carbocycles. The smallest absolute Gasteiger partial charge is 0.303 e. The first-order valence-corrected chi connectivity index (χ1v) is 30.2. The van der Waals surface area contributed by atoms with Gasteiger partial charge < -0.3 is 90.3 Å². The Kier molecular flexibility index (Phi) is 26.8. The largest absolute Gasteiger partial charge is 0.508 e. The van der Waals surface area contributed by atoms with Gasteiger partial charge in [-0.05, 0) is 79.8 Å². The van der Waals surface area contributed by atoms with Gasteiger partial charge in [0, 0.05) is 51.4 Å². The minimum atomic E-state index is -1.93. The van der Waals surface area contributed by atoms with E-state index in [-0.39, 0.29) is 87.6 Å². The number of imide groups is 1. The third kappa shape index (κ3) is 21.7. The van der Waals surface area contributed by atoms with Gasteiger partial charge in [-0.15, -0.1) is 0 Å². The lowest BCUT2D eigenvalue weighted by molar-refractivity contribution is -0.156. The van der Waals surface area contributed by atoms with Crippen LogP contribution in [0.1, 0.15) is 81.4 Å². The average Bonchev–Trinajstić information content (AvgIpc) is 1.53. The Morgan fingerprint density at radius 3 is 1.96 bits per heavy atom. The van der Waals surface area contributed by atoms with Crippen molar-refractivity contribution < 1.29 is 68.1 Å². The molecule has 3 heterocycles. The Morgan fingerprint density at radius 2 is 1.32 bits per heavy atom. The maximum Gasteiger partial charge on any atom is 0.303 e. The van der Waals surface area contributed by atoms with Crippen LogP contribution in [0.25, 0.3) is 11.0 Å². The summed E-state index contributed by atoms with van der Waals surface area (Å²) in [4.78, 5) is 171. The molecule has 5 aromatic rings. The molecule has 0 unspecified atom stereocenters. The van der Waals surface area contributed by atoms with Crippen LogP contribution in [0.5, 0.6) is 5.75 Å².